The Hall–Kier alpha value is -2.86. The fourth-order valence-electron chi connectivity index (χ4n) is 3.17. The Kier molecular flexibility index (Phi) is 8.21. The molecule has 0 fully saturated rings. The second-order valence-corrected chi connectivity index (χ2v) is 7.18. The second kappa shape index (κ2) is 10.6. The van der Waals surface area contributed by atoms with Gasteiger partial charge in [0.05, 0.1) is 5.56 Å². The first-order chi connectivity index (χ1) is 13.9. The van der Waals surface area contributed by atoms with E-state index in [4.69, 9.17) is 0 Å². The molecule has 2 amide bonds. The molecule has 2 aromatic rings. The van der Waals surface area contributed by atoms with Crippen molar-refractivity contribution in [3.63, 3.8) is 0 Å². The van der Waals surface area contributed by atoms with Gasteiger partial charge in [0, 0.05) is 44.1 Å². The van der Waals surface area contributed by atoms with Crippen LogP contribution in [-0.2, 0) is 0 Å². The lowest BCUT2D eigenvalue weighted by molar-refractivity contribution is 0.0948. The van der Waals surface area contributed by atoms with Crippen molar-refractivity contribution in [1.82, 2.24) is 10.2 Å². The fraction of sp³-hybridized carbons (Fsp3) is 0.391. The van der Waals surface area contributed by atoms with E-state index < -0.39 is 0 Å². The van der Waals surface area contributed by atoms with Crippen LogP contribution >= 0.6 is 0 Å². The molecule has 0 spiro atoms. The number of amides is 2. The molecule has 0 aliphatic carbocycles. The van der Waals surface area contributed by atoms with Gasteiger partial charge in [-0.25, -0.2) is 0 Å². The number of anilines is 2. The van der Waals surface area contributed by atoms with Crippen molar-refractivity contribution < 1.29 is 9.59 Å². The molecule has 2 rings (SSSR count). The third kappa shape index (κ3) is 6.06. The van der Waals surface area contributed by atoms with E-state index in [0.717, 1.165) is 30.9 Å². The standard InChI is InChI=1S/C23H32N4O2/c1-6-27(7-2)15-14-24-22(28)20-16-18(12-13-21(20)26(4)5)25-23(29)19-11-9-8-10-17(19)3/h8-13,16H,6-7,14-15H2,1-5H3,(H,24,28)(H,25,29). The molecule has 0 aliphatic rings. The number of nitrogens with zero attached hydrogens (tertiary/aromatic N) is 2. The maximum absolute atomic E-state index is 12.8. The third-order valence-corrected chi connectivity index (χ3v) is 4.98. The summed E-state index contributed by atoms with van der Waals surface area (Å²) in [6.45, 7) is 9.41. The quantitative estimate of drug-likeness (QED) is 0.682. The van der Waals surface area contributed by atoms with Gasteiger partial charge in [-0.15, -0.1) is 0 Å². The van der Waals surface area contributed by atoms with Crippen molar-refractivity contribution in [2.75, 3.05) is 50.5 Å². The van der Waals surface area contributed by atoms with Gasteiger partial charge in [0.1, 0.15) is 0 Å². The number of aryl methyl sites for hydroxylation is 1. The lowest BCUT2D eigenvalue weighted by atomic mass is 10.1. The summed E-state index contributed by atoms with van der Waals surface area (Å²) in [7, 11) is 3.79. The van der Waals surface area contributed by atoms with Crippen LogP contribution in [0.4, 0.5) is 11.4 Å². The number of hydrogen-bond donors (Lipinski definition) is 2. The van der Waals surface area contributed by atoms with Gasteiger partial charge in [0.2, 0.25) is 0 Å². The van der Waals surface area contributed by atoms with Crippen molar-refractivity contribution in [3.8, 4) is 0 Å². The maximum atomic E-state index is 12.8. The third-order valence-electron chi connectivity index (χ3n) is 4.98. The van der Waals surface area contributed by atoms with Gasteiger partial charge < -0.3 is 20.4 Å². The van der Waals surface area contributed by atoms with Crippen LogP contribution in [0.1, 0.15) is 40.1 Å². The summed E-state index contributed by atoms with van der Waals surface area (Å²) in [4.78, 5) is 29.6. The average molecular weight is 397 g/mol. The van der Waals surface area contributed by atoms with Crippen LogP contribution in [0.25, 0.3) is 0 Å². The molecule has 2 aromatic carbocycles. The van der Waals surface area contributed by atoms with Crippen molar-refractivity contribution in [3.05, 3.63) is 59.2 Å². The minimum Gasteiger partial charge on any atom is -0.377 e. The highest BCUT2D eigenvalue weighted by molar-refractivity contribution is 6.07. The van der Waals surface area contributed by atoms with Crippen LogP contribution in [0.5, 0.6) is 0 Å². The molecule has 0 atom stereocenters. The van der Waals surface area contributed by atoms with Crippen LogP contribution in [0.2, 0.25) is 0 Å². The van der Waals surface area contributed by atoms with Crippen LogP contribution in [0, 0.1) is 6.92 Å². The molecular formula is C23H32N4O2. The summed E-state index contributed by atoms with van der Waals surface area (Å²) in [6, 6.07) is 12.8. The molecule has 29 heavy (non-hydrogen) atoms. The highest BCUT2D eigenvalue weighted by Crippen LogP contribution is 2.23. The van der Waals surface area contributed by atoms with Crippen LogP contribution in [0.3, 0.4) is 0 Å². The van der Waals surface area contributed by atoms with Gasteiger partial charge in [-0.05, 0) is 49.8 Å². The van der Waals surface area contributed by atoms with E-state index in [-0.39, 0.29) is 11.8 Å². The van der Waals surface area contributed by atoms with E-state index >= 15 is 0 Å². The number of likely N-dealkylation sites (N-methyl/N-ethyl adjacent to an activating group) is 1. The Morgan fingerprint density at radius 2 is 1.62 bits per heavy atom. The molecule has 0 saturated heterocycles. The summed E-state index contributed by atoms with van der Waals surface area (Å²) >= 11 is 0. The normalized spacial score (nSPS) is 10.7. The average Bonchev–Trinajstić information content (AvgIpc) is 2.71. The maximum Gasteiger partial charge on any atom is 0.255 e. The summed E-state index contributed by atoms with van der Waals surface area (Å²) in [5.41, 5.74) is 3.47. The number of benzene rings is 2. The number of carbonyl (C=O) groups excluding carboxylic acids is 2. The smallest absolute Gasteiger partial charge is 0.255 e. The van der Waals surface area contributed by atoms with Crippen molar-refractivity contribution in [1.29, 1.82) is 0 Å². The summed E-state index contributed by atoms with van der Waals surface area (Å²) < 4.78 is 0. The first-order valence-corrected chi connectivity index (χ1v) is 10.1. The van der Waals surface area contributed by atoms with Gasteiger partial charge in [0.15, 0.2) is 0 Å². The molecule has 0 saturated carbocycles. The molecule has 0 heterocycles. The number of nitrogens with one attached hydrogen (secondary N) is 2. The number of carbonyl (C=O) groups is 2. The van der Waals surface area contributed by atoms with Gasteiger partial charge in [-0.2, -0.15) is 0 Å². The highest BCUT2D eigenvalue weighted by atomic mass is 16.2. The van der Waals surface area contributed by atoms with E-state index in [1.807, 2.05) is 56.3 Å². The van der Waals surface area contributed by atoms with Gasteiger partial charge >= 0.3 is 0 Å². The second-order valence-electron chi connectivity index (χ2n) is 7.18. The lowest BCUT2D eigenvalue weighted by Gasteiger charge is -2.20. The largest absolute Gasteiger partial charge is 0.377 e. The predicted molar refractivity (Wildman–Crippen MR) is 120 cm³/mol. The van der Waals surface area contributed by atoms with E-state index in [1.54, 1.807) is 12.1 Å². The van der Waals surface area contributed by atoms with E-state index in [2.05, 4.69) is 29.4 Å². The van der Waals surface area contributed by atoms with Crippen LogP contribution in [-0.4, -0.2) is 57.0 Å². The Balaban J connectivity index is 2.17. The SMILES string of the molecule is CCN(CC)CCNC(=O)c1cc(NC(=O)c2ccccc2C)ccc1N(C)C. The van der Waals surface area contributed by atoms with Gasteiger partial charge in [-0.1, -0.05) is 32.0 Å². The van der Waals surface area contributed by atoms with E-state index in [9.17, 15) is 9.59 Å². The number of hydrogen-bond acceptors (Lipinski definition) is 4. The highest BCUT2D eigenvalue weighted by Gasteiger charge is 2.16. The Morgan fingerprint density at radius 3 is 2.24 bits per heavy atom. The van der Waals surface area contributed by atoms with Crippen molar-refractivity contribution in [2.24, 2.45) is 0 Å². The van der Waals surface area contributed by atoms with E-state index in [1.165, 1.54) is 0 Å². The van der Waals surface area contributed by atoms with Crippen LogP contribution < -0.4 is 15.5 Å². The molecule has 6 heteroatoms. The zero-order chi connectivity index (χ0) is 21.4. The first-order valence-electron chi connectivity index (χ1n) is 10.1. The lowest BCUT2D eigenvalue weighted by Crippen LogP contribution is -2.35. The Morgan fingerprint density at radius 1 is 0.931 bits per heavy atom. The molecular weight excluding hydrogens is 364 g/mol. The summed E-state index contributed by atoms with van der Waals surface area (Å²) in [6.07, 6.45) is 0. The molecule has 156 valence electrons. The molecule has 0 aliphatic heterocycles. The van der Waals surface area contributed by atoms with Crippen molar-refractivity contribution in [2.45, 2.75) is 20.8 Å². The van der Waals surface area contributed by atoms with Crippen molar-refractivity contribution >= 4 is 23.2 Å². The van der Waals surface area contributed by atoms with E-state index in [0.29, 0.717) is 23.4 Å². The van der Waals surface area contributed by atoms with Gasteiger partial charge in [-0.3, -0.25) is 9.59 Å². The monoisotopic (exact) mass is 396 g/mol. The molecule has 0 aromatic heterocycles. The summed E-state index contributed by atoms with van der Waals surface area (Å²) in [5.74, 6) is -0.332. The zero-order valence-electron chi connectivity index (χ0n) is 18.1. The topological polar surface area (TPSA) is 64.7 Å². The predicted octanol–water partition coefficient (Wildman–Crippen LogP) is 3.38. The molecule has 0 radical (unpaired) electrons. The fourth-order valence-corrected chi connectivity index (χ4v) is 3.17. The van der Waals surface area contributed by atoms with Crippen LogP contribution in [0.15, 0.2) is 42.5 Å². The molecule has 6 nitrogen and oxygen atoms in total. The minimum atomic E-state index is -0.186. The van der Waals surface area contributed by atoms with Gasteiger partial charge in [0.25, 0.3) is 11.8 Å². The summed E-state index contributed by atoms with van der Waals surface area (Å²) in [5, 5.41) is 5.90. The number of rotatable bonds is 9. The molecule has 0 bridgehead atoms. The minimum absolute atomic E-state index is 0.146. The Bertz CT molecular complexity index is 845. The molecule has 2 N–H and O–H groups in total. The Labute approximate surface area is 173 Å². The molecule has 0 unspecified atom stereocenters. The zero-order valence-corrected chi connectivity index (χ0v) is 18.1. The first kappa shape index (κ1) is 22.4.